The molecule has 0 unspecified atom stereocenters. The largest absolute Gasteiger partial charge is 0.351 e. The monoisotopic (exact) mass is 276 g/mol. The van der Waals surface area contributed by atoms with E-state index in [2.05, 4.69) is 5.32 Å². The number of carbonyl (C=O) groups excluding carboxylic acids is 1. The first-order valence-electron chi connectivity index (χ1n) is 6.12. The molecule has 0 aliphatic rings. The second-order valence-electron chi connectivity index (χ2n) is 4.27. The van der Waals surface area contributed by atoms with Crippen molar-refractivity contribution in [2.24, 2.45) is 0 Å². The molecule has 4 nitrogen and oxygen atoms in total. The van der Waals surface area contributed by atoms with E-state index in [0.29, 0.717) is 19.5 Å². The van der Waals surface area contributed by atoms with E-state index in [1.165, 1.54) is 15.5 Å². The van der Waals surface area contributed by atoms with E-state index in [0.717, 1.165) is 4.88 Å². The van der Waals surface area contributed by atoms with E-state index >= 15 is 0 Å². The van der Waals surface area contributed by atoms with Crippen molar-refractivity contribution in [1.29, 1.82) is 0 Å². The van der Waals surface area contributed by atoms with Crippen molar-refractivity contribution >= 4 is 17.2 Å². The van der Waals surface area contributed by atoms with Crippen molar-refractivity contribution in [2.45, 2.75) is 26.4 Å². The van der Waals surface area contributed by atoms with Gasteiger partial charge >= 0.3 is 0 Å². The summed E-state index contributed by atoms with van der Waals surface area (Å²) < 4.78 is 1.54. The summed E-state index contributed by atoms with van der Waals surface area (Å²) in [5.41, 5.74) is -0.0795. The van der Waals surface area contributed by atoms with E-state index in [9.17, 15) is 9.59 Å². The first-order chi connectivity index (χ1) is 9.15. The summed E-state index contributed by atoms with van der Waals surface area (Å²) in [7, 11) is 0. The highest BCUT2D eigenvalue weighted by Crippen LogP contribution is 2.14. The highest BCUT2D eigenvalue weighted by molar-refractivity contribution is 7.11. The van der Waals surface area contributed by atoms with E-state index < -0.39 is 0 Å². The zero-order chi connectivity index (χ0) is 13.7. The van der Waals surface area contributed by atoms with Gasteiger partial charge in [-0.15, -0.1) is 11.3 Å². The van der Waals surface area contributed by atoms with E-state index in [4.69, 9.17) is 0 Å². The SMILES string of the molecule is Cc1ccc(CNC(=O)CCn2ccccc2=O)s1. The number of rotatable bonds is 5. The Morgan fingerprint density at radius 1 is 1.32 bits per heavy atom. The maximum Gasteiger partial charge on any atom is 0.250 e. The van der Waals surface area contributed by atoms with E-state index in [-0.39, 0.29) is 11.5 Å². The molecule has 0 bridgehead atoms. The van der Waals surface area contributed by atoms with Gasteiger partial charge in [-0.2, -0.15) is 0 Å². The number of hydrogen-bond acceptors (Lipinski definition) is 3. The average Bonchev–Trinajstić information content (AvgIpc) is 2.81. The van der Waals surface area contributed by atoms with Crippen LogP contribution in [-0.4, -0.2) is 10.5 Å². The van der Waals surface area contributed by atoms with Crippen molar-refractivity contribution in [2.75, 3.05) is 0 Å². The molecular weight excluding hydrogens is 260 g/mol. The lowest BCUT2D eigenvalue weighted by molar-refractivity contribution is -0.121. The third-order valence-electron chi connectivity index (χ3n) is 2.73. The second-order valence-corrected chi connectivity index (χ2v) is 5.64. The van der Waals surface area contributed by atoms with Crippen LogP contribution in [0.5, 0.6) is 0 Å². The number of hydrogen-bond donors (Lipinski definition) is 1. The van der Waals surface area contributed by atoms with Crippen LogP contribution in [0.25, 0.3) is 0 Å². The minimum absolute atomic E-state index is 0.0400. The summed E-state index contributed by atoms with van der Waals surface area (Å²) in [5.74, 6) is -0.0400. The van der Waals surface area contributed by atoms with Gasteiger partial charge in [0.2, 0.25) is 5.91 Å². The number of pyridine rings is 1. The summed E-state index contributed by atoms with van der Waals surface area (Å²) >= 11 is 1.68. The Kier molecular flexibility index (Phi) is 4.52. The molecule has 1 N–H and O–H groups in total. The smallest absolute Gasteiger partial charge is 0.250 e. The first-order valence-corrected chi connectivity index (χ1v) is 6.94. The van der Waals surface area contributed by atoms with Gasteiger partial charge in [-0.1, -0.05) is 6.07 Å². The molecule has 2 aromatic heterocycles. The molecule has 2 heterocycles. The number of carbonyl (C=O) groups is 1. The van der Waals surface area contributed by atoms with Gasteiger partial charge in [0, 0.05) is 35.0 Å². The Morgan fingerprint density at radius 3 is 2.84 bits per heavy atom. The van der Waals surface area contributed by atoms with Crippen LogP contribution in [0.4, 0.5) is 0 Å². The topological polar surface area (TPSA) is 51.1 Å². The molecule has 19 heavy (non-hydrogen) atoms. The Hall–Kier alpha value is -1.88. The van der Waals surface area contributed by atoms with Gasteiger partial charge in [-0.05, 0) is 25.1 Å². The van der Waals surface area contributed by atoms with E-state index in [1.807, 2.05) is 19.1 Å². The molecule has 100 valence electrons. The maximum absolute atomic E-state index is 11.7. The minimum atomic E-state index is -0.0795. The van der Waals surface area contributed by atoms with Gasteiger partial charge in [-0.25, -0.2) is 0 Å². The fraction of sp³-hybridized carbons (Fsp3) is 0.286. The molecule has 0 saturated carbocycles. The van der Waals surface area contributed by atoms with Crippen LogP contribution in [0.3, 0.4) is 0 Å². The lowest BCUT2D eigenvalue weighted by Crippen LogP contribution is -2.26. The molecule has 0 spiro atoms. The molecule has 0 aromatic carbocycles. The summed E-state index contributed by atoms with van der Waals surface area (Å²) in [6.07, 6.45) is 2.01. The van der Waals surface area contributed by atoms with Crippen LogP contribution in [-0.2, 0) is 17.9 Å². The van der Waals surface area contributed by atoms with Crippen LogP contribution >= 0.6 is 11.3 Å². The predicted octanol–water partition coefficient (Wildman–Crippen LogP) is 1.92. The molecule has 2 rings (SSSR count). The highest BCUT2D eigenvalue weighted by atomic mass is 32.1. The third-order valence-corrected chi connectivity index (χ3v) is 3.74. The number of nitrogens with one attached hydrogen (secondary N) is 1. The Balaban J connectivity index is 1.79. The summed E-state index contributed by atoms with van der Waals surface area (Å²) in [4.78, 5) is 25.5. The minimum Gasteiger partial charge on any atom is -0.351 e. The van der Waals surface area contributed by atoms with Crippen molar-refractivity contribution < 1.29 is 4.79 Å². The fourth-order valence-electron chi connectivity index (χ4n) is 1.72. The number of nitrogens with zero attached hydrogens (tertiary/aromatic N) is 1. The zero-order valence-electron chi connectivity index (χ0n) is 10.8. The van der Waals surface area contributed by atoms with Gasteiger partial charge in [0.05, 0.1) is 6.54 Å². The average molecular weight is 276 g/mol. The van der Waals surface area contributed by atoms with E-state index in [1.54, 1.807) is 29.7 Å². The Bertz CT molecular complexity index is 616. The van der Waals surface area contributed by atoms with Crippen LogP contribution < -0.4 is 10.9 Å². The van der Waals surface area contributed by atoms with Crippen molar-refractivity contribution in [1.82, 2.24) is 9.88 Å². The van der Waals surface area contributed by atoms with Crippen LogP contribution in [0.2, 0.25) is 0 Å². The van der Waals surface area contributed by atoms with Crippen LogP contribution in [0.15, 0.2) is 41.3 Å². The number of amides is 1. The standard InChI is InChI=1S/C14H16N2O2S/c1-11-5-6-12(19-11)10-15-13(17)7-9-16-8-3-2-4-14(16)18/h2-6,8H,7,9-10H2,1H3,(H,15,17). The summed E-state index contributed by atoms with van der Waals surface area (Å²) in [6.45, 7) is 3.01. The Labute approximate surface area is 115 Å². The zero-order valence-corrected chi connectivity index (χ0v) is 11.6. The molecule has 2 aromatic rings. The van der Waals surface area contributed by atoms with Crippen molar-refractivity contribution in [3.8, 4) is 0 Å². The summed E-state index contributed by atoms with van der Waals surface area (Å²) in [6, 6.07) is 9.02. The third kappa shape index (κ3) is 4.06. The normalized spacial score (nSPS) is 10.4. The molecule has 1 amide bonds. The van der Waals surface area contributed by atoms with Gasteiger partial charge in [0.1, 0.15) is 0 Å². The van der Waals surface area contributed by atoms with Gasteiger partial charge in [0.25, 0.3) is 5.56 Å². The molecule has 0 saturated heterocycles. The lowest BCUT2D eigenvalue weighted by Gasteiger charge is -2.05. The molecule has 0 aliphatic heterocycles. The Morgan fingerprint density at radius 2 is 2.16 bits per heavy atom. The molecule has 0 aliphatic carbocycles. The number of thiophene rings is 1. The fourth-order valence-corrected chi connectivity index (χ4v) is 2.55. The molecular formula is C14H16N2O2S. The van der Waals surface area contributed by atoms with Gasteiger partial charge < -0.3 is 9.88 Å². The summed E-state index contributed by atoms with van der Waals surface area (Å²) in [5, 5.41) is 2.86. The maximum atomic E-state index is 11.7. The molecule has 5 heteroatoms. The first kappa shape index (κ1) is 13.5. The van der Waals surface area contributed by atoms with Crippen LogP contribution in [0, 0.1) is 6.92 Å². The van der Waals surface area contributed by atoms with Crippen LogP contribution in [0.1, 0.15) is 16.2 Å². The van der Waals surface area contributed by atoms with Crippen molar-refractivity contribution in [3.05, 3.63) is 56.6 Å². The quantitative estimate of drug-likeness (QED) is 0.907. The predicted molar refractivity (Wildman–Crippen MR) is 76.2 cm³/mol. The highest BCUT2D eigenvalue weighted by Gasteiger charge is 2.03. The molecule has 0 fully saturated rings. The van der Waals surface area contributed by atoms with Gasteiger partial charge in [0.15, 0.2) is 0 Å². The molecule has 0 atom stereocenters. The van der Waals surface area contributed by atoms with Crippen molar-refractivity contribution in [3.63, 3.8) is 0 Å². The number of aryl methyl sites for hydroxylation is 2. The van der Waals surface area contributed by atoms with Gasteiger partial charge in [-0.3, -0.25) is 9.59 Å². The number of aromatic nitrogens is 1. The second kappa shape index (κ2) is 6.33. The lowest BCUT2D eigenvalue weighted by atomic mass is 10.3. The molecule has 0 radical (unpaired) electrons.